The van der Waals surface area contributed by atoms with Crippen LogP contribution in [0, 0.1) is 68.0 Å². The summed E-state index contributed by atoms with van der Waals surface area (Å²) in [6, 6.07) is 0. The summed E-state index contributed by atoms with van der Waals surface area (Å²) in [5.41, 5.74) is 8.71. The second-order valence-corrected chi connectivity index (χ2v) is 37.8. The van der Waals surface area contributed by atoms with Crippen LogP contribution in [0.2, 0.25) is 0 Å². The van der Waals surface area contributed by atoms with E-state index in [9.17, 15) is 59.1 Å². The molecule has 11 fully saturated rings. The third-order valence-electron chi connectivity index (χ3n) is 30.7. The van der Waals surface area contributed by atoms with Gasteiger partial charge < -0.3 is 87.1 Å². The maximum absolute atomic E-state index is 17.5. The Hall–Kier alpha value is -7.03. The predicted octanol–water partition coefficient (Wildman–Crippen LogP) is 9.48. The number of rotatable bonds is 36. The molecule has 0 aromatic rings. The molecule has 14 rings (SSSR count). The van der Waals surface area contributed by atoms with Crippen LogP contribution in [0.25, 0.3) is 31.3 Å². The summed E-state index contributed by atoms with van der Waals surface area (Å²) in [6.45, 7) is 20.4. The van der Waals surface area contributed by atoms with Crippen LogP contribution in [0.15, 0.2) is 86.7 Å². The molecule has 690 valence electrons. The summed E-state index contributed by atoms with van der Waals surface area (Å²) in [5.74, 6) is -7.96. The third-order valence-corrected chi connectivity index (χ3v) is 30.7. The molecule has 0 aromatic heterocycles. The van der Waals surface area contributed by atoms with Crippen LogP contribution >= 0.6 is 0 Å². The Labute approximate surface area is 724 Å². The Morgan fingerprint density at radius 1 is 0.424 bits per heavy atom. The zero-order valence-electron chi connectivity index (χ0n) is 73.0. The number of aliphatic hydroxyl groups excluding tert-OH is 4. The molecule has 2 saturated heterocycles. The van der Waals surface area contributed by atoms with Crippen molar-refractivity contribution in [3.8, 4) is 0 Å². The third kappa shape index (κ3) is 16.8. The van der Waals surface area contributed by atoms with E-state index in [1.54, 1.807) is 67.5 Å². The minimum absolute atomic E-state index is 0.0137. The van der Waals surface area contributed by atoms with Crippen LogP contribution in [-0.2, 0) is 95.1 Å². The van der Waals surface area contributed by atoms with Gasteiger partial charge in [0.05, 0.1) is 136 Å². The van der Waals surface area contributed by atoms with E-state index < -0.39 is 169 Å². The van der Waals surface area contributed by atoms with Gasteiger partial charge in [-0.15, -0.1) is 0 Å². The molecule has 0 unspecified atom stereocenters. The summed E-state index contributed by atoms with van der Waals surface area (Å²) in [6.07, 6.45) is 9.32. The van der Waals surface area contributed by atoms with Gasteiger partial charge in [-0.1, -0.05) is 71.1 Å². The second kappa shape index (κ2) is 37.8. The first-order valence-electron chi connectivity index (χ1n) is 43.6. The first kappa shape index (κ1) is 97.0. The summed E-state index contributed by atoms with van der Waals surface area (Å²) in [4.78, 5) is 98.1. The van der Waals surface area contributed by atoms with Gasteiger partial charge in [0.25, 0.3) is 0 Å². The van der Waals surface area contributed by atoms with Crippen LogP contribution in [0.3, 0.4) is 0 Å². The molecule has 37 heteroatoms. The molecule has 24 atom stereocenters. The summed E-state index contributed by atoms with van der Waals surface area (Å²) >= 11 is 0. The van der Waals surface area contributed by atoms with E-state index in [-0.39, 0.29) is 159 Å². The van der Waals surface area contributed by atoms with Crippen molar-refractivity contribution in [2.45, 2.75) is 235 Å². The standard InChI is InChI=1S/C31H42FN3O9.C30H42FN3O8.C27H38FN3O8/c1-27(2)43-25-16-22-21-6-5-19-15-20(36)7-9-28(19,3)30(21,32)23(37)17-29(22,4)31(25,44-27)24(38)18-42-26(39)8-11-40-13-14-41-12-10-34-35-33;1-26(2)41-25-16-22-21-6-5-19-15-20(35)7-8-27(19,3)29(21,31)23(36)17-28(22,4)30(25,42-26)24(37)18-40-14-13-39-12-11-38-10-9-33-34-32;1-24-6-5-18(32)13-17(24)3-4-19-20-14-21(33)27(36,25(20,2)15-22(34)26(19,24)28)23(35)16-39-12-11-38-10-9-37-8-7-30-31-29/h7,9,15,21-23,25,37H,5-6,8,10-14,16-18H2,1-4H3;7-8,15,21-23,25,36H,5-6,9-14,16-18H2,1-4H3;5-6,13,19-22,33-34,36H,3-4,7-12,14-16H2,1-2H3/t21-,22-,23-,25+,28-,29-,30-,31+;21-,22-,23-,25+,27-,28-,29-,30+;19-,20-,21+,22-,24-,25-,26-,27-/m000/s1. The molecule has 0 spiro atoms. The van der Waals surface area contributed by atoms with Gasteiger partial charge in [-0.2, -0.15) is 0 Å². The van der Waals surface area contributed by atoms with Crippen molar-refractivity contribution in [2.24, 2.45) is 83.3 Å². The SMILES string of the molecule is CC1(C)O[C@@H]2C[C@H]3[C@@H]4CCC5=CC(=O)C=C[C@]5(C)[C@@]4(F)[C@@H](O)C[C@]3(C)[C@]2(C(=O)COC(=O)CCOCCOCCN=[N+]=[N-])O1.CC1(C)O[C@@H]2C[C@H]3[C@@H]4CCC5=CC(=O)C=C[C@]5(C)[C@@]4(F)[C@@H](O)C[C@]3(C)[C@]2(C(=O)COCCOCCOCCN=[N+]=[N-])O1.C[C@]12C=CC(=O)C=C1CC[C@H]1[C@@H]3C[C@@H](O)[C@](O)(C(=O)COCCOCCOCCN=[N+]=[N-])[C@@]3(C)C[C@H](O)[C@@]12F. The lowest BCUT2D eigenvalue weighted by atomic mass is 9.44. The number of fused-ring (bicyclic) bond motifs is 19. The number of carbonyl (C=O) groups is 7. The van der Waals surface area contributed by atoms with E-state index in [0.29, 0.717) is 94.5 Å². The molecule has 2 aliphatic heterocycles. The minimum atomic E-state index is -2.21. The zero-order valence-corrected chi connectivity index (χ0v) is 73.0. The van der Waals surface area contributed by atoms with Crippen LogP contribution in [0.1, 0.15) is 153 Å². The highest BCUT2D eigenvalue weighted by Gasteiger charge is 2.83. The van der Waals surface area contributed by atoms with E-state index in [1.165, 1.54) is 42.5 Å². The smallest absolute Gasteiger partial charge is 0.308 e. The number of azide groups is 3. The molecule has 125 heavy (non-hydrogen) atoms. The quantitative estimate of drug-likeness (QED) is 0.0128. The largest absolute Gasteiger partial charge is 0.457 e. The van der Waals surface area contributed by atoms with E-state index in [4.69, 9.17) is 78.2 Å². The van der Waals surface area contributed by atoms with Crippen molar-refractivity contribution >= 4 is 40.7 Å². The fourth-order valence-corrected chi connectivity index (χ4v) is 25.0. The maximum Gasteiger partial charge on any atom is 0.308 e. The number of ether oxygens (including phenoxy) is 13. The number of nitrogens with zero attached hydrogens (tertiary/aromatic N) is 9. The molecular formula is C88H122F3N9O25. The molecule has 34 nitrogen and oxygen atoms in total. The second-order valence-electron chi connectivity index (χ2n) is 37.8. The van der Waals surface area contributed by atoms with Crippen molar-refractivity contribution in [2.75, 3.05) is 132 Å². The monoisotopic (exact) mass is 1760 g/mol. The average Bonchev–Trinajstić information content (AvgIpc) is 1.53. The maximum atomic E-state index is 17.5. The Kier molecular flexibility index (Phi) is 29.4. The van der Waals surface area contributed by atoms with Crippen molar-refractivity contribution in [3.63, 3.8) is 0 Å². The van der Waals surface area contributed by atoms with E-state index >= 15 is 13.2 Å². The highest BCUT2D eigenvalue weighted by molar-refractivity contribution is 6.03. The van der Waals surface area contributed by atoms with Gasteiger partial charge in [0, 0.05) is 84.6 Å². The van der Waals surface area contributed by atoms with Crippen LogP contribution in [0.5, 0.6) is 0 Å². The number of carbonyl (C=O) groups excluding carboxylic acids is 7. The van der Waals surface area contributed by atoms with Gasteiger partial charge >= 0.3 is 5.97 Å². The van der Waals surface area contributed by atoms with E-state index in [2.05, 4.69) is 30.1 Å². The number of Topliss-reactive ketones (excluding diaryl/α,β-unsaturated/α-hetero) is 3. The first-order chi connectivity index (χ1) is 59.1. The highest BCUT2D eigenvalue weighted by Crippen LogP contribution is 2.76. The molecule has 5 N–H and O–H groups in total. The minimum Gasteiger partial charge on any atom is -0.457 e. The number of hydrogen-bond acceptors (Lipinski definition) is 28. The normalized spacial score (nSPS) is 40.6. The van der Waals surface area contributed by atoms with Gasteiger partial charge in [0.15, 0.2) is 80.9 Å². The lowest BCUT2D eigenvalue weighted by molar-refractivity contribution is -0.246. The molecule has 0 aromatic carbocycles. The fourth-order valence-electron chi connectivity index (χ4n) is 25.0. The molecule has 14 aliphatic rings. The Balaban J connectivity index is 0.000000171. The molecule has 0 bridgehead atoms. The fraction of sp³-hybridized carbons (Fsp3) is 0.784. The number of allylic oxidation sites excluding steroid dienone is 12. The van der Waals surface area contributed by atoms with Crippen molar-refractivity contribution in [3.05, 3.63) is 103 Å². The Morgan fingerprint density at radius 3 is 1.10 bits per heavy atom. The zero-order chi connectivity index (χ0) is 90.8. The van der Waals surface area contributed by atoms with Gasteiger partial charge in [-0.25, -0.2) is 13.2 Å². The summed E-state index contributed by atoms with van der Waals surface area (Å²) in [7, 11) is 0. The van der Waals surface area contributed by atoms with Crippen molar-refractivity contribution in [1.82, 2.24) is 0 Å². The topological polar surface area (TPSA) is 487 Å². The van der Waals surface area contributed by atoms with Gasteiger partial charge in [-0.3, -0.25) is 33.6 Å². The van der Waals surface area contributed by atoms with Crippen LogP contribution in [-0.4, -0.2) is 280 Å². The average molecular weight is 1760 g/mol. The Morgan fingerprint density at radius 2 is 0.736 bits per heavy atom. The highest BCUT2D eigenvalue weighted by atomic mass is 19.2. The van der Waals surface area contributed by atoms with Crippen molar-refractivity contribution < 1.29 is 134 Å². The van der Waals surface area contributed by atoms with E-state index in [1.807, 2.05) is 13.8 Å². The van der Waals surface area contributed by atoms with Crippen LogP contribution in [0.4, 0.5) is 13.2 Å². The van der Waals surface area contributed by atoms with Crippen LogP contribution < -0.4 is 0 Å². The Bertz CT molecular complexity index is 4440. The first-order valence-corrected chi connectivity index (χ1v) is 43.6. The predicted molar refractivity (Wildman–Crippen MR) is 437 cm³/mol. The number of alkyl halides is 3. The molecule has 0 radical (unpaired) electrons. The molecule has 9 saturated carbocycles. The van der Waals surface area contributed by atoms with Gasteiger partial charge in [-0.05, 0) is 196 Å². The number of esters is 1. The molecule has 12 aliphatic carbocycles. The molecule has 0 amide bonds. The number of aliphatic hydroxyl groups is 5. The number of hydrogen-bond donors (Lipinski definition) is 5. The van der Waals surface area contributed by atoms with Gasteiger partial charge in [0.1, 0.15) is 13.2 Å². The van der Waals surface area contributed by atoms with Crippen molar-refractivity contribution in [1.29, 1.82) is 0 Å². The molecular weight excluding hydrogens is 1640 g/mol. The lowest BCUT2D eigenvalue weighted by Gasteiger charge is -2.62. The van der Waals surface area contributed by atoms with E-state index in [0.717, 1.165) is 0 Å². The summed E-state index contributed by atoms with van der Waals surface area (Å²) in [5, 5.41) is 67.5. The lowest BCUT2D eigenvalue weighted by Crippen LogP contribution is -2.70. The molecule has 2 heterocycles. The summed E-state index contributed by atoms with van der Waals surface area (Å²) < 4.78 is 126. The number of halogens is 3. The van der Waals surface area contributed by atoms with Gasteiger partial charge in [0.2, 0.25) is 5.78 Å². The number of ketones is 6.